The lowest BCUT2D eigenvalue weighted by Crippen LogP contribution is -2.25. The highest BCUT2D eigenvalue weighted by Gasteiger charge is 2.18. The molecule has 9 heteroatoms. The van der Waals surface area contributed by atoms with Gasteiger partial charge in [-0.1, -0.05) is 18.0 Å². The number of anilines is 1. The van der Waals surface area contributed by atoms with Crippen molar-refractivity contribution in [3.8, 4) is 17.1 Å². The molecule has 8 nitrogen and oxygen atoms in total. The van der Waals surface area contributed by atoms with Crippen molar-refractivity contribution in [2.45, 2.75) is 45.1 Å². The van der Waals surface area contributed by atoms with Gasteiger partial charge >= 0.3 is 0 Å². The van der Waals surface area contributed by atoms with Crippen LogP contribution >= 0.6 is 11.6 Å². The van der Waals surface area contributed by atoms with Crippen LogP contribution in [0.4, 0.5) is 5.69 Å². The van der Waals surface area contributed by atoms with Gasteiger partial charge in [-0.2, -0.15) is 0 Å². The first kappa shape index (κ1) is 23.8. The molecule has 0 unspecified atom stereocenters. The molecule has 178 valence electrons. The number of fused-ring (bicyclic) bond motifs is 1. The Hall–Kier alpha value is -3.39. The molecule has 0 fully saturated rings. The van der Waals surface area contributed by atoms with Gasteiger partial charge in [-0.05, 0) is 61.7 Å². The van der Waals surface area contributed by atoms with E-state index in [0.29, 0.717) is 35.0 Å². The minimum absolute atomic E-state index is 0.132. The van der Waals surface area contributed by atoms with E-state index in [1.165, 1.54) is 6.42 Å². The number of carbonyl (C=O) groups is 2. The zero-order chi connectivity index (χ0) is 23.9. The van der Waals surface area contributed by atoms with E-state index in [2.05, 4.69) is 25.4 Å². The summed E-state index contributed by atoms with van der Waals surface area (Å²) in [6.07, 6.45) is 5.08. The first-order valence-corrected chi connectivity index (χ1v) is 11.9. The molecule has 0 spiro atoms. The quantitative estimate of drug-likeness (QED) is 0.462. The third-order valence-corrected chi connectivity index (χ3v) is 6.15. The van der Waals surface area contributed by atoms with E-state index in [0.717, 1.165) is 43.0 Å². The number of hydrogen-bond donors (Lipinski definition) is 2. The smallest absolute Gasteiger partial charge is 0.251 e. The highest BCUT2D eigenvalue weighted by atomic mass is 35.5. The van der Waals surface area contributed by atoms with Crippen LogP contribution in [0, 0.1) is 0 Å². The first-order chi connectivity index (χ1) is 16.5. The van der Waals surface area contributed by atoms with Crippen molar-refractivity contribution in [3.05, 3.63) is 58.9 Å². The molecule has 0 saturated carbocycles. The van der Waals surface area contributed by atoms with Gasteiger partial charge in [0.1, 0.15) is 11.6 Å². The molecule has 3 aromatic rings. The molecule has 0 bridgehead atoms. The van der Waals surface area contributed by atoms with Crippen LogP contribution in [-0.2, 0) is 17.8 Å². The number of methoxy groups -OCH3 is 1. The lowest BCUT2D eigenvalue weighted by atomic mass is 10.1. The topological polar surface area (TPSA) is 98.1 Å². The Morgan fingerprint density at radius 2 is 1.91 bits per heavy atom. The predicted molar refractivity (Wildman–Crippen MR) is 131 cm³/mol. The summed E-state index contributed by atoms with van der Waals surface area (Å²) in [6, 6.07) is 12.3. The third-order valence-electron chi connectivity index (χ3n) is 5.82. The Morgan fingerprint density at radius 1 is 1.09 bits per heavy atom. The minimum atomic E-state index is -0.183. The van der Waals surface area contributed by atoms with Gasteiger partial charge < -0.3 is 19.9 Å². The summed E-state index contributed by atoms with van der Waals surface area (Å²) in [5.41, 5.74) is 1.95. The number of benzene rings is 2. The van der Waals surface area contributed by atoms with E-state index in [9.17, 15) is 9.59 Å². The second-order valence-electron chi connectivity index (χ2n) is 8.23. The fourth-order valence-electron chi connectivity index (χ4n) is 3.98. The summed E-state index contributed by atoms with van der Waals surface area (Å²) in [5, 5.41) is 15.0. The Balaban J connectivity index is 1.30. The SMILES string of the molecule is COc1ccc(C(=O)NCCCC(=O)Nc2ccc(Cl)c(-c3nnc4n3CCCCC4)c2)cc1. The lowest BCUT2D eigenvalue weighted by molar-refractivity contribution is -0.116. The van der Waals surface area contributed by atoms with E-state index < -0.39 is 0 Å². The van der Waals surface area contributed by atoms with E-state index in [1.807, 2.05) is 6.07 Å². The number of carbonyl (C=O) groups excluding carboxylic acids is 2. The van der Waals surface area contributed by atoms with Gasteiger partial charge in [0, 0.05) is 42.7 Å². The van der Waals surface area contributed by atoms with Gasteiger partial charge in [0.2, 0.25) is 5.91 Å². The van der Waals surface area contributed by atoms with Crippen molar-refractivity contribution in [2.75, 3.05) is 19.0 Å². The lowest BCUT2D eigenvalue weighted by Gasteiger charge is -2.11. The normalized spacial score (nSPS) is 13.0. The molecule has 2 heterocycles. The Bertz CT molecular complexity index is 1160. The average Bonchev–Trinajstić information content (AvgIpc) is 3.10. The van der Waals surface area contributed by atoms with Crippen LogP contribution in [0.2, 0.25) is 5.02 Å². The number of nitrogens with one attached hydrogen (secondary N) is 2. The number of aromatic nitrogens is 3. The Kier molecular flexibility index (Phi) is 7.80. The fourth-order valence-corrected chi connectivity index (χ4v) is 4.18. The molecular weight excluding hydrogens is 454 g/mol. The highest BCUT2D eigenvalue weighted by Crippen LogP contribution is 2.31. The molecule has 2 aromatic carbocycles. The maximum Gasteiger partial charge on any atom is 0.251 e. The number of ether oxygens (including phenoxy) is 1. The number of hydrogen-bond acceptors (Lipinski definition) is 5. The first-order valence-electron chi connectivity index (χ1n) is 11.5. The zero-order valence-electron chi connectivity index (χ0n) is 19.1. The number of amides is 2. The van der Waals surface area contributed by atoms with Gasteiger partial charge in [-0.3, -0.25) is 9.59 Å². The van der Waals surface area contributed by atoms with Crippen LogP contribution in [0.1, 0.15) is 48.3 Å². The van der Waals surface area contributed by atoms with Gasteiger partial charge in [0.15, 0.2) is 5.82 Å². The van der Waals surface area contributed by atoms with Crippen molar-refractivity contribution >= 4 is 29.1 Å². The molecule has 1 aliphatic rings. The maximum atomic E-state index is 12.5. The fraction of sp³-hybridized carbons (Fsp3) is 0.360. The molecule has 34 heavy (non-hydrogen) atoms. The molecule has 0 saturated heterocycles. The van der Waals surface area contributed by atoms with Crippen molar-refractivity contribution in [1.82, 2.24) is 20.1 Å². The standard InChI is InChI=1S/C25H28ClN5O3/c1-34-19-11-8-17(9-12-19)25(33)27-14-5-7-23(32)28-18-10-13-21(26)20(16-18)24-30-29-22-6-3-2-4-15-31(22)24/h8-13,16H,2-7,14-15H2,1H3,(H,27,33)(H,28,32). The van der Waals surface area contributed by atoms with Crippen molar-refractivity contribution in [1.29, 1.82) is 0 Å². The van der Waals surface area contributed by atoms with Gasteiger partial charge in [-0.15, -0.1) is 10.2 Å². The number of nitrogens with zero attached hydrogens (tertiary/aromatic N) is 3. The second-order valence-corrected chi connectivity index (χ2v) is 8.64. The monoisotopic (exact) mass is 481 g/mol. The summed E-state index contributed by atoms with van der Waals surface area (Å²) in [6.45, 7) is 1.27. The Labute approximate surface area is 203 Å². The molecule has 1 aliphatic heterocycles. The maximum absolute atomic E-state index is 12.5. The highest BCUT2D eigenvalue weighted by molar-refractivity contribution is 6.33. The average molecular weight is 482 g/mol. The zero-order valence-corrected chi connectivity index (χ0v) is 19.9. The van der Waals surface area contributed by atoms with E-state index in [4.69, 9.17) is 16.3 Å². The van der Waals surface area contributed by atoms with Crippen molar-refractivity contribution in [3.63, 3.8) is 0 Å². The number of rotatable bonds is 8. The van der Waals surface area contributed by atoms with Gasteiger partial charge in [-0.25, -0.2) is 0 Å². The molecule has 2 N–H and O–H groups in total. The molecule has 0 aliphatic carbocycles. The molecule has 1 aromatic heterocycles. The van der Waals surface area contributed by atoms with Crippen LogP contribution < -0.4 is 15.4 Å². The molecule has 0 atom stereocenters. The van der Waals surface area contributed by atoms with E-state index in [-0.39, 0.29) is 18.2 Å². The van der Waals surface area contributed by atoms with Crippen molar-refractivity contribution < 1.29 is 14.3 Å². The van der Waals surface area contributed by atoms with E-state index >= 15 is 0 Å². The summed E-state index contributed by atoms with van der Waals surface area (Å²) < 4.78 is 7.23. The van der Waals surface area contributed by atoms with Gasteiger partial charge in [0.05, 0.1) is 12.1 Å². The second kappa shape index (κ2) is 11.2. The van der Waals surface area contributed by atoms with Gasteiger partial charge in [0.25, 0.3) is 5.91 Å². The van der Waals surface area contributed by atoms with E-state index in [1.54, 1.807) is 43.5 Å². The molecule has 0 radical (unpaired) electrons. The van der Waals surface area contributed by atoms with Crippen LogP contribution in [0.5, 0.6) is 5.75 Å². The number of aryl methyl sites for hydroxylation is 1. The summed E-state index contributed by atoms with van der Waals surface area (Å²) in [4.78, 5) is 24.7. The molecular formula is C25H28ClN5O3. The minimum Gasteiger partial charge on any atom is -0.497 e. The van der Waals surface area contributed by atoms with Crippen LogP contribution in [0.25, 0.3) is 11.4 Å². The predicted octanol–water partition coefficient (Wildman–Crippen LogP) is 4.48. The summed E-state index contributed by atoms with van der Waals surface area (Å²) >= 11 is 6.47. The Morgan fingerprint density at radius 3 is 2.71 bits per heavy atom. The van der Waals surface area contributed by atoms with Crippen LogP contribution in [0.15, 0.2) is 42.5 Å². The summed E-state index contributed by atoms with van der Waals surface area (Å²) in [7, 11) is 1.58. The largest absolute Gasteiger partial charge is 0.497 e. The van der Waals surface area contributed by atoms with Crippen LogP contribution in [-0.4, -0.2) is 40.2 Å². The van der Waals surface area contributed by atoms with Crippen LogP contribution in [0.3, 0.4) is 0 Å². The van der Waals surface area contributed by atoms with Crippen molar-refractivity contribution in [2.24, 2.45) is 0 Å². The molecule has 2 amide bonds. The number of halogens is 1. The molecule has 4 rings (SSSR count). The summed E-state index contributed by atoms with van der Waals surface area (Å²) in [5.74, 6) is 2.09. The third kappa shape index (κ3) is 5.75.